The second-order valence-electron chi connectivity index (χ2n) is 2.87. The molecule has 90 valence electrons. The van der Waals surface area contributed by atoms with Crippen LogP contribution in [-0.2, 0) is 9.53 Å². The van der Waals surface area contributed by atoms with Crippen molar-refractivity contribution in [2.24, 2.45) is 0 Å². The van der Waals surface area contributed by atoms with E-state index in [1.807, 2.05) is 6.07 Å². The van der Waals surface area contributed by atoms with Crippen LogP contribution in [-0.4, -0.2) is 49.5 Å². The maximum Gasteiger partial charge on any atom is 0.324 e. The van der Waals surface area contributed by atoms with E-state index in [-0.39, 0.29) is 18.8 Å². The molecule has 0 saturated carbocycles. The number of carbonyl (C=O) groups is 2. The van der Waals surface area contributed by atoms with E-state index in [2.05, 4.69) is 5.32 Å². The van der Waals surface area contributed by atoms with E-state index >= 15 is 0 Å². The lowest BCUT2D eigenvalue weighted by Crippen LogP contribution is -2.45. The number of alkyl halides is 1. The Kier molecular flexibility index (Phi) is 8.21. The molecular weight excluding hydrogens is 234 g/mol. The molecule has 0 atom stereocenters. The van der Waals surface area contributed by atoms with Gasteiger partial charge in [-0.3, -0.25) is 10.1 Å². The number of hydrogen-bond acceptors (Lipinski definition) is 4. The highest BCUT2D eigenvalue weighted by Gasteiger charge is 2.14. The van der Waals surface area contributed by atoms with E-state index in [0.717, 1.165) is 0 Å². The van der Waals surface area contributed by atoms with Gasteiger partial charge in [0.25, 0.3) is 0 Å². The van der Waals surface area contributed by atoms with Crippen molar-refractivity contribution in [1.29, 1.82) is 5.26 Å². The lowest BCUT2D eigenvalue weighted by atomic mass is 10.4. The third kappa shape index (κ3) is 6.22. The zero-order valence-corrected chi connectivity index (χ0v) is 9.79. The first-order chi connectivity index (χ1) is 7.65. The Labute approximate surface area is 99.1 Å². The fourth-order valence-electron chi connectivity index (χ4n) is 0.933. The van der Waals surface area contributed by atoms with Gasteiger partial charge in [0.1, 0.15) is 5.88 Å². The minimum atomic E-state index is -0.564. The monoisotopic (exact) mass is 247 g/mol. The van der Waals surface area contributed by atoms with Crippen molar-refractivity contribution in [3.8, 4) is 6.07 Å². The molecular formula is C9H14ClN3O3. The number of halogens is 1. The van der Waals surface area contributed by atoms with E-state index in [0.29, 0.717) is 13.2 Å². The van der Waals surface area contributed by atoms with Crippen molar-refractivity contribution in [2.75, 3.05) is 32.7 Å². The summed E-state index contributed by atoms with van der Waals surface area (Å²) < 4.78 is 4.82. The van der Waals surface area contributed by atoms with Crippen LogP contribution in [0, 0.1) is 11.3 Å². The normalized spacial score (nSPS) is 9.31. The molecule has 0 aliphatic heterocycles. The molecule has 0 aromatic rings. The van der Waals surface area contributed by atoms with Crippen LogP contribution in [0.1, 0.15) is 6.42 Å². The smallest absolute Gasteiger partial charge is 0.324 e. The largest absolute Gasteiger partial charge is 0.383 e. The standard InChI is InChI=1S/C9H14ClN3O3/c1-16-6-5-13(4-2-3-11)9(15)12-8(14)7-10/h2,4-7H2,1H3,(H,12,14,15). The molecule has 0 aromatic heterocycles. The van der Waals surface area contributed by atoms with Gasteiger partial charge in [0.05, 0.1) is 19.1 Å². The Morgan fingerprint density at radius 1 is 1.50 bits per heavy atom. The molecule has 0 heterocycles. The quantitative estimate of drug-likeness (QED) is 0.686. The first kappa shape index (κ1) is 14.7. The summed E-state index contributed by atoms with van der Waals surface area (Å²) in [7, 11) is 1.50. The molecule has 16 heavy (non-hydrogen) atoms. The van der Waals surface area contributed by atoms with Gasteiger partial charge in [-0.05, 0) is 0 Å². The number of hydrogen-bond donors (Lipinski definition) is 1. The molecule has 0 aliphatic carbocycles. The molecule has 0 unspecified atom stereocenters. The van der Waals surface area contributed by atoms with Crippen molar-refractivity contribution >= 4 is 23.5 Å². The van der Waals surface area contributed by atoms with Gasteiger partial charge < -0.3 is 9.64 Å². The summed E-state index contributed by atoms with van der Waals surface area (Å²) in [6.07, 6.45) is 0.201. The van der Waals surface area contributed by atoms with Gasteiger partial charge in [0.2, 0.25) is 5.91 Å². The molecule has 0 radical (unpaired) electrons. The highest BCUT2D eigenvalue weighted by atomic mass is 35.5. The summed E-state index contributed by atoms with van der Waals surface area (Å²) in [5.41, 5.74) is 0. The number of carbonyl (C=O) groups excluding carboxylic acids is 2. The van der Waals surface area contributed by atoms with E-state index in [1.165, 1.54) is 12.0 Å². The summed E-state index contributed by atoms with van der Waals surface area (Å²) >= 11 is 5.25. The van der Waals surface area contributed by atoms with Gasteiger partial charge >= 0.3 is 6.03 Å². The molecule has 3 amide bonds. The van der Waals surface area contributed by atoms with Gasteiger partial charge in [0.15, 0.2) is 0 Å². The first-order valence-corrected chi connectivity index (χ1v) is 5.19. The lowest BCUT2D eigenvalue weighted by molar-refractivity contribution is -0.117. The molecule has 0 saturated heterocycles. The Balaban J connectivity index is 4.20. The van der Waals surface area contributed by atoms with Gasteiger partial charge in [-0.2, -0.15) is 5.26 Å². The van der Waals surface area contributed by atoms with Crippen LogP contribution in [0.4, 0.5) is 4.79 Å². The molecule has 0 aromatic carbocycles. The number of urea groups is 1. The van der Waals surface area contributed by atoms with Gasteiger partial charge in [-0.15, -0.1) is 11.6 Å². The Morgan fingerprint density at radius 2 is 2.19 bits per heavy atom. The van der Waals surface area contributed by atoms with E-state index in [4.69, 9.17) is 21.6 Å². The molecule has 0 bridgehead atoms. The van der Waals surface area contributed by atoms with Crippen LogP contribution >= 0.6 is 11.6 Å². The maximum absolute atomic E-state index is 11.5. The van der Waals surface area contributed by atoms with E-state index in [9.17, 15) is 9.59 Å². The predicted molar refractivity (Wildman–Crippen MR) is 57.9 cm³/mol. The number of ether oxygens (including phenoxy) is 1. The van der Waals surface area contributed by atoms with Crippen molar-refractivity contribution in [2.45, 2.75) is 6.42 Å². The SMILES string of the molecule is COCCN(CCC#N)C(=O)NC(=O)CCl. The number of nitriles is 1. The number of nitrogens with zero attached hydrogens (tertiary/aromatic N) is 2. The zero-order valence-electron chi connectivity index (χ0n) is 9.03. The number of nitrogens with one attached hydrogen (secondary N) is 1. The van der Waals surface area contributed by atoms with E-state index < -0.39 is 11.9 Å². The van der Waals surface area contributed by atoms with Crippen molar-refractivity contribution in [3.05, 3.63) is 0 Å². The number of rotatable bonds is 6. The van der Waals surface area contributed by atoms with Crippen molar-refractivity contribution in [3.63, 3.8) is 0 Å². The van der Waals surface area contributed by atoms with Crippen LogP contribution in [0.25, 0.3) is 0 Å². The zero-order chi connectivity index (χ0) is 12.4. The Bertz CT molecular complexity index is 278. The molecule has 7 heteroatoms. The van der Waals surface area contributed by atoms with Crippen molar-refractivity contribution < 1.29 is 14.3 Å². The highest BCUT2D eigenvalue weighted by Crippen LogP contribution is 1.93. The third-order valence-electron chi connectivity index (χ3n) is 1.71. The average Bonchev–Trinajstić information content (AvgIpc) is 2.28. The van der Waals surface area contributed by atoms with Crippen molar-refractivity contribution in [1.82, 2.24) is 10.2 Å². The maximum atomic E-state index is 11.5. The predicted octanol–water partition coefficient (Wildman–Crippen LogP) is 0.323. The summed E-state index contributed by atoms with van der Waals surface area (Å²) in [6.45, 7) is 0.911. The van der Waals surface area contributed by atoms with Crippen LogP contribution < -0.4 is 5.32 Å². The summed E-state index contributed by atoms with van der Waals surface area (Å²) in [4.78, 5) is 23.7. The number of amides is 3. The minimum Gasteiger partial charge on any atom is -0.383 e. The van der Waals surface area contributed by atoms with Gasteiger partial charge in [0, 0.05) is 20.2 Å². The van der Waals surface area contributed by atoms with Gasteiger partial charge in [-0.25, -0.2) is 4.79 Å². The highest BCUT2D eigenvalue weighted by molar-refractivity contribution is 6.28. The molecule has 1 N–H and O–H groups in total. The van der Waals surface area contributed by atoms with Crippen LogP contribution in [0.5, 0.6) is 0 Å². The van der Waals surface area contributed by atoms with E-state index in [1.54, 1.807) is 0 Å². The van der Waals surface area contributed by atoms with Gasteiger partial charge in [-0.1, -0.05) is 0 Å². The summed E-state index contributed by atoms with van der Waals surface area (Å²) in [5, 5.41) is 10.5. The Morgan fingerprint density at radius 3 is 2.69 bits per heavy atom. The molecule has 0 aliphatic rings. The topological polar surface area (TPSA) is 82.4 Å². The lowest BCUT2D eigenvalue weighted by Gasteiger charge is -2.20. The number of imide groups is 1. The fraction of sp³-hybridized carbons (Fsp3) is 0.667. The molecule has 6 nitrogen and oxygen atoms in total. The second-order valence-corrected chi connectivity index (χ2v) is 3.14. The second kappa shape index (κ2) is 8.95. The van der Waals surface area contributed by atoms with Crippen LogP contribution in [0.15, 0.2) is 0 Å². The third-order valence-corrected chi connectivity index (χ3v) is 1.96. The molecule has 0 spiro atoms. The summed E-state index contributed by atoms with van der Waals surface area (Å²) in [6, 6.07) is 1.37. The van der Waals surface area contributed by atoms with Crippen LogP contribution in [0.3, 0.4) is 0 Å². The fourth-order valence-corrected chi connectivity index (χ4v) is 1.000. The molecule has 0 fully saturated rings. The minimum absolute atomic E-state index is 0.201. The average molecular weight is 248 g/mol. The first-order valence-electron chi connectivity index (χ1n) is 4.66. The summed E-state index contributed by atoms with van der Waals surface area (Å²) in [5.74, 6) is -0.840. The number of methoxy groups -OCH3 is 1. The Hall–Kier alpha value is -1.32. The van der Waals surface area contributed by atoms with Crippen LogP contribution in [0.2, 0.25) is 0 Å². The molecule has 0 rings (SSSR count).